The summed E-state index contributed by atoms with van der Waals surface area (Å²) in [5, 5.41) is 10.9. The van der Waals surface area contributed by atoms with E-state index in [9.17, 15) is 5.26 Å². The van der Waals surface area contributed by atoms with Gasteiger partial charge in [-0.3, -0.25) is 0 Å². The van der Waals surface area contributed by atoms with Crippen LogP contribution < -0.4 is 15.5 Å². The van der Waals surface area contributed by atoms with Crippen LogP contribution in [-0.4, -0.2) is 44.5 Å². The molecule has 2 N–H and O–H groups in total. The number of benzene rings is 1. The summed E-state index contributed by atoms with van der Waals surface area (Å²) in [5.74, 6) is 5.77. The summed E-state index contributed by atoms with van der Waals surface area (Å²) < 4.78 is 26.7. The standard InChI is InChI=1S/C17H20BrFN4O2/c1-22(21)14(9-18)16-12(10-20)15(25-11-2-3-11)8-13(17(16)19)23-4-6-24-7-5-23/h8-9,11H,2-7,21H2,1H3/b14-9+. The van der Waals surface area contributed by atoms with Crippen LogP contribution in [0.5, 0.6) is 5.75 Å². The van der Waals surface area contributed by atoms with E-state index in [1.54, 1.807) is 13.1 Å². The van der Waals surface area contributed by atoms with Crippen molar-refractivity contribution in [3.8, 4) is 11.8 Å². The highest BCUT2D eigenvalue weighted by Crippen LogP contribution is 2.39. The Labute approximate surface area is 154 Å². The Balaban J connectivity index is 2.17. The van der Waals surface area contributed by atoms with Gasteiger partial charge in [0.15, 0.2) is 5.82 Å². The number of ether oxygens (including phenoxy) is 2. The van der Waals surface area contributed by atoms with Crippen LogP contribution in [0.25, 0.3) is 5.70 Å². The monoisotopic (exact) mass is 410 g/mol. The van der Waals surface area contributed by atoms with Gasteiger partial charge in [0.05, 0.1) is 36.3 Å². The lowest BCUT2D eigenvalue weighted by Gasteiger charge is -2.31. The van der Waals surface area contributed by atoms with Crippen LogP contribution in [-0.2, 0) is 4.74 Å². The molecule has 3 rings (SSSR count). The van der Waals surface area contributed by atoms with Gasteiger partial charge < -0.3 is 19.4 Å². The first-order valence-corrected chi connectivity index (χ1v) is 9.03. The first kappa shape index (κ1) is 18.0. The number of rotatable bonds is 5. The number of halogens is 2. The molecule has 0 atom stereocenters. The smallest absolute Gasteiger partial charge is 0.157 e. The summed E-state index contributed by atoms with van der Waals surface area (Å²) in [6, 6.07) is 3.71. The summed E-state index contributed by atoms with van der Waals surface area (Å²) in [4.78, 5) is 3.42. The zero-order valence-corrected chi connectivity index (χ0v) is 15.6. The summed E-state index contributed by atoms with van der Waals surface area (Å²) >= 11 is 3.22. The quantitative estimate of drug-likeness (QED) is 0.593. The van der Waals surface area contributed by atoms with Gasteiger partial charge in [-0.05, 0) is 12.8 Å². The molecule has 0 unspecified atom stereocenters. The van der Waals surface area contributed by atoms with Crippen molar-refractivity contribution in [1.29, 1.82) is 5.26 Å². The van der Waals surface area contributed by atoms with Gasteiger partial charge in [0, 0.05) is 31.2 Å². The Kier molecular flexibility index (Phi) is 5.47. The zero-order valence-electron chi connectivity index (χ0n) is 14.0. The molecule has 1 saturated carbocycles. The molecule has 134 valence electrons. The number of morpholine rings is 1. The second-order valence-corrected chi connectivity index (χ2v) is 6.55. The summed E-state index contributed by atoms with van der Waals surface area (Å²) in [5.41, 5.74) is 1.07. The molecule has 0 aromatic heterocycles. The molecule has 0 amide bonds. The second-order valence-electron chi connectivity index (χ2n) is 6.09. The second kappa shape index (κ2) is 7.60. The highest BCUT2D eigenvalue weighted by Gasteiger charge is 2.30. The molecule has 1 aromatic carbocycles. The zero-order chi connectivity index (χ0) is 18.0. The molecule has 8 heteroatoms. The van der Waals surface area contributed by atoms with Gasteiger partial charge in [0.25, 0.3) is 0 Å². The topological polar surface area (TPSA) is 74.8 Å². The Morgan fingerprint density at radius 2 is 2.20 bits per heavy atom. The van der Waals surface area contributed by atoms with E-state index in [4.69, 9.17) is 15.3 Å². The van der Waals surface area contributed by atoms with Crippen LogP contribution in [0.1, 0.15) is 24.0 Å². The first-order chi connectivity index (χ1) is 12.1. The molecule has 0 bridgehead atoms. The molecule has 2 fully saturated rings. The van der Waals surface area contributed by atoms with E-state index in [0.717, 1.165) is 12.8 Å². The average molecular weight is 411 g/mol. The Morgan fingerprint density at radius 1 is 1.52 bits per heavy atom. The minimum Gasteiger partial charge on any atom is -0.489 e. The van der Waals surface area contributed by atoms with Crippen LogP contribution in [0, 0.1) is 17.1 Å². The minimum atomic E-state index is -0.482. The molecular formula is C17H20BrFN4O2. The summed E-state index contributed by atoms with van der Waals surface area (Å²) in [6.07, 6.45) is 1.99. The molecule has 1 saturated heterocycles. The van der Waals surface area contributed by atoms with Crippen LogP contribution in [0.3, 0.4) is 0 Å². The van der Waals surface area contributed by atoms with Crippen LogP contribution in [0.4, 0.5) is 10.1 Å². The molecule has 0 spiro atoms. The van der Waals surface area contributed by atoms with E-state index in [1.165, 1.54) is 9.99 Å². The Morgan fingerprint density at radius 3 is 2.72 bits per heavy atom. The van der Waals surface area contributed by atoms with Gasteiger partial charge in [-0.1, -0.05) is 15.9 Å². The molecule has 1 heterocycles. The lowest BCUT2D eigenvalue weighted by molar-refractivity contribution is 0.122. The van der Waals surface area contributed by atoms with E-state index >= 15 is 4.39 Å². The Hall–Kier alpha value is -1.82. The van der Waals surface area contributed by atoms with Crippen molar-refractivity contribution in [3.63, 3.8) is 0 Å². The third kappa shape index (κ3) is 3.73. The molecule has 1 aliphatic heterocycles. The third-order valence-corrected chi connectivity index (χ3v) is 4.66. The van der Waals surface area contributed by atoms with E-state index in [-0.39, 0.29) is 17.2 Å². The van der Waals surface area contributed by atoms with Crippen molar-refractivity contribution in [3.05, 3.63) is 28.0 Å². The molecule has 1 aliphatic carbocycles. The van der Waals surface area contributed by atoms with Gasteiger partial charge in [-0.15, -0.1) is 0 Å². The van der Waals surface area contributed by atoms with Crippen molar-refractivity contribution >= 4 is 27.3 Å². The van der Waals surface area contributed by atoms with E-state index < -0.39 is 5.82 Å². The lowest BCUT2D eigenvalue weighted by atomic mass is 10.0. The van der Waals surface area contributed by atoms with Crippen molar-refractivity contribution in [2.45, 2.75) is 18.9 Å². The number of nitrogens with two attached hydrogens (primary N) is 1. The van der Waals surface area contributed by atoms with Crippen molar-refractivity contribution in [2.24, 2.45) is 5.84 Å². The van der Waals surface area contributed by atoms with Crippen LogP contribution >= 0.6 is 15.9 Å². The van der Waals surface area contributed by atoms with Gasteiger partial charge >= 0.3 is 0 Å². The van der Waals surface area contributed by atoms with Gasteiger partial charge in [-0.2, -0.15) is 5.26 Å². The first-order valence-electron chi connectivity index (χ1n) is 8.12. The largest absolute Gasteiger partial charge is 0.489 e. The molecule has 2 aliphatic rings. The predicted molar refractivity (Wildman–Crippen MR) is 96.7 cm³/mol. The number of nitrogens with zero attached hydrogens (tertiary/aromatic N) is 3. The number of hydrazine groups is 1. The van der Waals surface area contributed by atoms with E-state index in [2.05, 4.69) is 22.0 Å². The fourth-order valence-electron chi connectivity index (χ4n) is 2.77. The van der Waals surface area contributed by atoms with Gasteiger partial charge in [0.1, 0.15) is 17.4 Å². The average Bonchev–Trinajstić information content (AvgIpc) is 3.42. The molecular weight excluding hydrogens is 391 g/mol. The number of nitriles is 1. The van der Waals surface area contributed by atoms with Crippen molar-refractivity contribution in [1.82, 2.24) is 5.01 Å². The highest BCUT2D eigenvalue weighted by molar-refractivity contribution is 9.11. The molecule has 1 aromatic rings. The number of anilines is 1. The third-order valence-electron chi connectivity index (χ3n) is 4.23. The normalized spacial score (nSPS) is 18.0. The minimum absolute atomic E-state index is 0.0926. The maximum absolute atomic E-state index is 15.4. The van der Waals surface area contributed by atoms with Crippen LogP contribution in [0.15, 0.2) is 11.1 Å². The van der Waals surface area contributed by atoms with E-state index in [0.29, 0.717) is 43.4 Å². The summed E-state index contributed by atoms with van der Waals surface area (Å²) in [6.45, 7) is 2.23. The number of hydrogen-bond acceptors (Lipinski definition) is 6. The predicted octanol–water partition coefficient (Wildman–Crippen LogP) is 2.57. The van der Waals surface area contributed by atoms with E-state index in [1.807, 2.05) is 4.90 Å². The van der Waals surface area contributed by atoms with Crippen LogP contribution in [0.2, 0.25) is 0 Å². The maximum Gasteiger partial charge on any atom is 0.157 e. The van der Waals surface area contributed by atoms with Gasteiger partial charge in [-0.25, -0.2) is 10.2 Å². The lowest BCUT2D eigenvalue weighted by Crippen LogP contribution is -2.37. The molecule has 6 nitrogen and oxygen atoms in total. The van der Waals surface area contributed by atoms with Crippen molar-refractivity contribution < 1.29 is 13.9 Å². The number of hydrogen-bond donors (Lipinski definition) is 1. The van der Waals surface area contributed by atoms with Crippen molar-refractivity contribution in [2.75, 3.05) is 38.3 Å². The van der Waals surface area contributed by atoms with Gasteiger partial charge in [0.2, 0.25) is 0 Å². The molecule has 25 heavy (non-hydrogen) atoms. The summed E-state index contributed by atoms with van der Waals surface area (Å²) in [7, 11) is 1.59. The fraction of sp³-hybridized carbons (Fsp3) is 0.471. The Bertz CT molecular complexity index is 722. The highest BCUT2D eigenvalue weighted by atomic mass is 79.9. The maximum atomic E-state index is 15.4. The SMILES string of the molecule is CN(N)/C(=C/Br)c1c(F)c(N2CCOCC2)cc(OC2CC2)c1C#N. The molecule has 0 radical (unpaired) electrons. The fourth-order valence-corrected chi connectivity index (χ4v) is 3.32.